The molecule has 1 unspecified atom stereocenters. The van der Waals surface area contributed by atoms with Crippen molar-refractivity contribution in [2.75, 3.05) is 25.1 Å². The number of carbonyl (C=O) groups is 1. The van der Waals surface area contributed by atoms with E-state index in [1.54, 1.807) is 18.7 Å². The lowest BCUT2D eigenvalue weighted by Gasteiger charge is -2.24. The Kier molecular flexibility index (Phi) is 6.36. The number of hydrogen-bond donors (Lipinski definition) is 3. The Morgan fingerprint density at radius 3 is 2.31 bits per heavy atom. The van der Waals surface area contributed by atoms with Gasteiger partial charge in [-0.25, -0.2) is 0 Å². The van der Waals surface area contributed by atoms with Crippen LogP contribution >= 0.6 is 11.8 Å². The Bertz CT molecular complexity index is 225. The van der Waals surface area contributed by atoms with Gasteiger partial charge in [-0.05, 0) is 34.0 Å². The molecule has 0 aromatic rings. The van der Waals surface area contributed by atoms with Gasteiger partial charge in [-0.1, -0.05) is 0 Å². The van der Waals surface area contributed by atoms with Crippen LogP contribution in [-0.2, 0) is 4.79 Å². The van der Waals surface area contributed by atoms with E-state index >= 15 is 0 Å². The van der Waals surface area contributed by atoms with Crippen LogP contribution in [0.1, 0.15) is 27.7 Å². The van der Waals surface area contributed by atoms with Gasteiger partial charge in [0.1, 0.15) is 0 Å². The molecule has 0 rings (SSSR count). The first kappa shape index (κ1) is 15.7. The predicted molar refractivity (Wildman–Crippen MR) is 69.8 cm³/mol. The molecular formula is C11H24N2O2S. The third-order valence-electron chi connectivity index (χ3n) is 1.76. The first-order chi connectivity index (χ1) is 7.16. The van der Waals surface area contributed by atoms with Crippen molar-refractivity contribution in [2.24, 2.45) is 0 Å². The van der Waals surface area contributed by atoms with Gasteiger partial charge in [0.2, 0.25) is 5.91 Å². The maximum atomic E-state index is 11.4. The van der Waals surface area contributed by atoms with Gasteiger partial charge in [-0.3, -0.25) is 4.79 Å². The molecule has 0 fully saturated rings. The maximum Gasteiger partial charge on any atom is 0.234 e. The molecule has 0 aromatic heterocycles. The highest BCUT2D eigenvalue weighted by molar-refractivity contribution is 7.98. The third-order valence-corrected chi connectivity index (χ3v) is 2.67. The first-order valence-corrected chi connectivity index (χ1v) is 6.79. The molecule has 16 heavy (non-hydrogen) atoms. The van der Waals surface area contributed by atoms with E-state index in [1.165, 1.54) is 0 Å². The molecule has 0 aliphatic carbocycles. The van der Waals surface area contributed by atoms with Gasteiger partial charge in [0.25, 0.3) is 0 Å². The zero-order valence-corrected chi connectivity index (χ0v) is 11.7. The van der Waals surface area contributed by atoms with Crippen molar-refractivity contribution in [3.8, 4) is 0 Å². The molecule has 0 radical (unpaired) electrons. The zero-order valence-electron chi connectivity index (χ0n) is 10.9. The second kappa shape index (κ2) is 6.47. The minimum atomic E-state index is -0.762. The van der Waals surface area contributed by atoms with E-state index in [9.17, 15) is 9.90 Å². The number of carbonyl (C=O) groups excluding carboxylic acids is 1. The van der Waals surface area contributed by atoms with Crippen molar-refractivity contribution < 1.29 is 9.90 Å². The second-order valence-electron chi connectivity index (χ2n) is 5.33. The average molecular weight is 248 g/mol. The summed E-state index contributed by atoms with van der Waals surface area (Å²) in [4.78, 5) is 11.4. The van der Waals surface area contributed by atoms with Crippen LogP contribution in [0.4, 0.5) is 0 Å². The molecule has 5 heteroatoms. The fourth-order valence-electron chi connectivity index (χ4n) is 1.27. The number of amides is 1. The van der Waals surface area contributed by atoms with E-state index in [4.69, 9.17) is 0 Å². The number of nitrogens with one attached hydrogen (secondary N) is 2. The van der Waals surface area contributed by atoms with Gasteiger partial charge in [-0.2, -0.15) is 11.8 Å². The fourth-order valence-corrected chi connectivity index (χ4v) is 1.99. The summed E-state index contributed by atoms with van der Waals surface area (Å²) in [6.07, 6.45) is 1.95. The summed E-state index contributed by atoms with van der Waals surface area (Å²) in [6, 6.07) is 0. The molecule has 3 N–H and O–H groups in total. The number of hydrogen-bond acceptors (Lipinski definition) is 4. The van der Waals surface area contributed by atoms with Crippen LogP contribution in [0.25, 0.3) is 0 Å². The number of rotatable bonds is 6. The van der Waals surface area contributed by atoms with Crippen molar-refractivity contribution in [2.45, 2.75) is 38.8 Å². The smallest absolute Gasteiger partial charge is 0.234 e. The third kappa shape index (κ3) is 9.00. The van der Waals surface area contributed by atoms with Crippen LogP contribution in [0.3, 0.4) is 0 Å². The van der Waals surface area contributed by atoms with E-state index < -0.39 is 5.60 Å². The second-order valence-corrected chi connectivity index (χ2v) is 6.20. The van der Waals surface area contributed by atoms with Crippen molar-refractivity contribution in [1.29, 1.82) is 0 Å². The Labute approximate surface area is 103 Å². The lowest BCUT2D eigenvalue weighted by atomic mass is 10.1. The van der Waals surface area contributed by atoms with Crippen molar-refractivity contribution in [3.63, 3.8) is 0 Å². The Balaban J connectivity index is 3.78. The molecule has 0 spiro atoms. The standard InChI is InChI=1S/C11H24N2O2S/c1-10(2,3)13-9(14)6-12-7-11(4,15)8-16-5/h12,15H,6-8H2,1-5H3,(H,13,14). The molecule has 96 valence electrons. The zero-order chi connectivity index (χ0) is 12.8. The Hall–Kier alpha value is -0.260. The van der Waals surface area contributed by atoms with Gasteiger partial charge in [0.15, 0.2) is 0 Å². The highest BCUT2D eigenvalue weighted by atomic mass is 32.2. The van der Waals surface area contributed by atoms with E-state index in [2.05, 4.69) is 10.6 Å². The van der Waals surface area contributed by atoms with Gasteiger partial charge >= 0.3 is 0 Å². The van der Waals surface area contributed by atoms with Crippen LogP contribution in [0.15, 0.2) is 0 Å². The molecule has 1 amide bonds. The molecule has 1 atom stereocenters. The molecule has 0 aromatic carbocycles. The average Bonchev–Trinajstić information content (AvgIpc) is 1.99. The monoisotopic (exact) mass is 248 g/mol. The summed E-state index contributed by atoms with van der Waals surface area (Å²) in [5, 5.41) is 15.7. The van der Waals surface area contributed by atoms with Crippen LogP contribution < -0.4 is 10.6 Å². The van der Waals surface area contributed by atoms with Crippen molar-refractivity contribution in [1.82, 2.24) is 10.6 Å². The summed E-state index contributed by atoms with van der Waals surface area (Å²) in [6.45, 7) is 8.24. The van der Waals surface area contributed by atoms with Gasteiger partial charge in [0.05, 0.1) is 12.1 Å². The van der Waals surface area contributed by atoms with E-state index in [0.717, 1.165) is 0 Å². The topological polar surface area (TPSA) is 61.4 Å². The van der Waals surface area contributed by atoms with E-state index in [-0.39, 0.29) is 18.0 Å². The quantitative estimate of drug-likeness (QED) is 0.644. The largest absolute Gasteiger partial charge is 0.388 e. The fraction of sp³-hybridized carbons (Fsp3) is 0.909. The summed E-state index contributed by atoms with van der Waals surface area (Å²) < 4.78 is 0. The van der Waals surface area contributed by atoms with E-state index in [1.807, 2.05) is 27.0 Å². The maximum absolute atomic E-state index is 11.4. The summed E-state index contributed by atoms with van der Waals surface area (Å²) in [7, 11) is 0. The van der Waals surface area contributed by atoms with Crippen molar-refractivity contribution in [3.05, 3.63) is 0 Å². The molecule has 0 saturated heterocycles. The molecule has 0 aliphatic heterocycles. The predicted octanol–water partition coefficient (Wildman–Crippen LogP) is 0.605. The minimum absolute atomic E-state index is 0.0487. The normalized spacial score (nSPS) is 15.6. The summed E-state index contributed by atoms with van der Waals surface area (Å²) >= 11 is 1.59. The van der Waals surface area contributed by atoms with Crippen LogP contribution in [0.2, 0.25) is 0 Å². The van der Waals surface area contributed by atoms with Gasteiger partial charge in [0, 0.05) is 17.8 Å². The van der Waals surface area contributed by atoms with Crippen LogP contribution in [0.5, 0.6) is 0 Å². The first-order valence-electron chi connectivity index (χ1n) is 5.39. The SMILES string of the molecule is CSCC(C)(O)CNCC(=O)NC(C)(C)C. The lowest BCUT2D eigenvalue weighted by Crippen LogP contribution is -2.48. The molecular weight excluding hydrogens is 224 g/mol. The Morgan fingerprint density at radius 2 is 1.88 bits per heavy atom. The van der Waals surface area contributed by atoms with E-state index in [0.29, 0.717) is 12.3 Å². The summed E-state index contributed by atoms with van der Waals surface area (Å²) in [5.74, 6) is 0.605. The van der Waals surface area contributed by atoms with Crippen molar-refractivity contribution >= 4 is 17.7 Å². The Morgan fingerprint density at radius 1 is 1.31 bits per heavy atom. The minimum Gasteiger partial charge on any atom is -0.388 e. The van der Waals surface area contributed by atoms with Crippen LogP contribution in [-0.4, -0.2) is 47.3 Å². The molecule has 0 saturated carbocycles. The highest BCUT2D eigenvalue weighted by Crippen LogP contribution is 2.08. The number of thioether (sulfide) groups is 1. The molecule has 0 bridgehead atoms. The molecule has 0 aliphatic rings. The van der Waals surface area contributed by atoms with Gasteiger partial charge < -0.3 is 15.7 Å². The highest BCUT2D eigenvalue weighted by Gasteiger charge is 2.20. The molecule has 0 heterocycles. The lowest BCUT2D eigenvalue weighted by molar-refractivity contribution is -0.121. The number of aliphatic hydroxyl groups is 1. The van der Waals surface area contributed by atoms with Crippen LogP contribution in [0, 0.1) is 0 Å². The molecule has 4 nitrogen and oxygen atoms in total. The van der Waals surface area contributed by atoms with Gasteiger partial charge in [-0.15, -0.1) is 0 Å². The summed E-state index contributed by atoms with van der Waals surface area (Å²) in [5.41, 5.74) is -0.970.